The molecule has 2 aromatic rings. The Morgan fingerprint density at radius 3 is 2.62 bits per heavy atom. The molecule has 1 aromatic heterocycles. The van der Waals surface area contributed by atoms with E-state index < -0.39 is 0 Å². The largest absolute Gasteiger partial charge is 0.504 e. The summed E-state index contributed by atoms with van der Waals surface area (Å²) in [6.45, 7) is 1.89. The molecule has 0 aliphatic heterocycles. The van der Waals surface area contributed by atoms with Crippen molar-refractivity contribution in [3.8, 4) is 16.9 Å². The summed E-state index contributed by atoms with van der Waals surface area (Å²) in [6.07, 6.45) is 1.70. The van der Waals surface area contributed by atoms with Crippen LogP contribution in [0.1, 0.15) is 5.69 Å². The third-order valence-corrected chi connectivity index (χ3v) is 2.30. The Hall–Kier alpha value is -2.16. The highest BCUT2D eigenvalue weighted by Crippen LogP contribution is 2.17. The highest BCUT2D eigenvalue weighted by molar-refractivity contribution is 5.63. The van der Waals surface area contributed by atoms with E-state index in [2.05, 4.69) is 4.98 Å². The molecule has 0 amide bonds. The lowest BCUT2D eigenvalue weighted by molar-refractivity contribution is 0.471. The molecule has 0 radical (unpaired) electrons. The molecule has 0 aliphatic carbocycles. The van der Waals surface area contributed by atoms with Crippen LogP contribution in [-0.4, -0.2) is 10.1 Å². The van der Waals surface area contributed by atoms with Gasteiger partial charge in [-0.2, -0.15) is 0 Å². The normalized spacial score (nSPS) is 10.1. The van der Waals surface area contributed by atoms with Gasteiger partial charge in [-0.1, -0.05) is 12.1 Å². The fourth-order valence-corrected chi connectivity index (χ4v) is 1.49. The van der Waals surface area contributed by atoms with Gasteiger partial charge in [0.15, 0.2) is 5.75 Å². The molecule has 0 fully saturated rings. The van der Waals surface area contributed by atoms with E-state index in [1.807, 2.05) is 19.1 Å². The van der Waals surface area contributed by atoms with Gasteiger partial charge in [0, 0.05) is 11.9 Å². The number of aromatic hydroxyl groups is 1. The SMILES string of the molecule is Cc1cc(-c2cccc(O)c(=O)c2)ccn1. The maximum Gasteiger partial charge on any atom is 0.220 e. The van der Waals surface area contributed by atoms with Crippen molar-refractivity contribution >= 4 is 0 Å². The minimum absolute atomic E-state index is 0.239. The first-order valence-electron chi connectivity index (χ1n) is 4.93. The fraction of sp³-hybridized carbons (Fsp3) is 0.0769. The molecule has 16 heavy (non-hydrogen) atoms. The van der Waals surface area contributed by atoms with Crippen LogP contribution in [0.3, 0.4) is 0 Å². The number of pyridine rings is 1. The number of aromatic nitrogens is 1. The van der Waals surface area contributed by atoms with E-state index in [1.165, 1.54) is 12.1 Å². The van der Waals surface area contributed by atoms with Gasteiger partial charge in [0.1, 0.15) is 0 Å². The van der Waals surface area contributed by atoms with Crippen molar-refractivity contribution in [1.29, 1.82) is 0 Å². The second-order valence-corrected chi connectivity index (χ2v) is 3.56. The van der Waals surface area contributed by atoms with E-state index in [1.54, 1.807) is 18.3 Å². The van der Waals surface area contributed by atoms with Gasteiger partial charge in [0.25, 0.3) is 0 Å². The molecule has 0 aliphatic rings. The van der Waals surface area contributed by atoms with Crippen LogP contribution in [0.15, 0.2) is 47.4 Å². The van der Waals surface area contributed by atoms with Crippen LogP contribution in [0.25, 0.3) is 11.1 Å². The first-order valence-corrected chi connectivity index (χ1v) is 4.93. The molecule has 0 atom stereocenters. The van der Waals surface area contributed by atoms with Crippen molar-refractivity contribution < 1.29 is 5.11 Å². The van der Waals surface area contributed by atoms with Gasteiger partial charge in [0.05, 0.1) is 0 Å². The Morgan fingerprint density at radius 2 is 1.88 bits per heavy atom. The van der Waals surface area contributed by atoms with Gasteiger partial charge in [0.2, 0.25) is 5.43 Å². The van der Waals surface area contributed by atoms with Crippen LogP contribution < -0.4 is 5.43 Å². The zero-order chi connectivity index (χ0) is 11.5. The minimum Gasteiger partial charge on any atom is -0.504 e. The number of aryl methyl sites for hydroxylation is 1. The molecule has 0 spiro atoms. The Labute approximate surface area is 93.0 Å². The Morgan fingerprint density at radius 1 is 1.12 bits per heavy atom. The van der Waals surface area contributed by atoms with E-state index in [4.69, 9.17) is 0 Å². The second kappa shape index (κ2) is 4.14. The van der Waals surface area contributed by atoms with Crippen LogP contribution in [0.5, 0.6) is 5.75 Å². The predicted octanol–water partition coefficient (Wildman–Crippen LogP) is 2.12. The van der Waals surface area contributed by atoms with E-state index in [0.717, 1.165) is 16.8 Å². The average molecular weight is 213 g/mol. The molecule has 0 bridgehead atoms. The maximum absolute atomic E-state index is 11.4. The fourth-order valence-electron chi connectivity index (χ4n) is 1.49. The summed E-state index contributed by atoms with van der Waals surface area (Å²) < 4.78 is 0. The molecule has 0 saturated heterocycles. The number of rotatable bonds is 1. The van der Waals surface area contributed by atoms with Gasteiger partial charge in [-0.3, -0.25) is 9.78 Å². The van der Waals surface area contributed by atoms with Crippen LogP contribution in [0.2, 0.25) is 0 Å². The summed E-state index contributed by atoms with van der Waals surface area (Å²) in [5, 5.41) is 9.28. The standard InChI is InChI=1S/C13H11NO2/c1-9-7-11(5-6-14-9)10-3-2-4-12(15)13(16)8-10/h2-8H,1H3,(H,15,16). The molecule has 3 heteroatoms. The molecular weight excluding hydrogens is 202 g/mol. The van der Waals surface area contributed by atoms with Crippen molar-refractivity contribution in [2.45, 2.75) is 6.92 Å². The summed E-state index contributed by atoms with van der Waals surface area (Å²) in [7, 11) is 0. The molecular formula is C13H11NO2. The smallest absolute Gasteiger partial charge is 0.220 e. The Kier molecular flexibility index (Phi) is 2.68. The first-order chi connectivity index (χ1) is 7.66. The maximum atomic E-state index is 11.4. The van der Waals surface area contributed by atoms with Crippen LogP contribution in [0, 0.1) is 6.92 Å². The van der Waals surface area contributed by atoms with Crippen molar-refractivity contribution in [2.24, 2.45) is 0 Å². The third kappa shape index (κ3) is 2.08. The van der Waals surface area contributed by atoms with Crippen LogP contribution in [0.4, 0.5) is 0 Å². The lowest BCUT2D eigenvalue weighted by Gasteiger charge is -1.98. The van der Waals surface area contributed by atoms with Gasteiger partial charge >= 0.3 is 0 Å². The van der Waals surface area contributed by atoms with Crippen molar-refractivity contribution in [3.05, 3.63) is 58.5 Å². The third-order valence-electron chi connectivity index (χ3n) is 2.30. The summed E-state index contributed by atoms with van der Waals surface area (Å²) in [5.41, 5.74) is 2.20. The number of hydrogen-bond donors (Lipinski definition) is 1. The van der Waals surface area contributed by atoms with Crippen molar-refractivity contribution in [3.63, 3.8) is 0 Å². The van der Waals surface area contributed by atoms with Gasteiger partial charge in [-0.05, 0) is 42.3 Å². The number of hydrogen-bond acceptors (Lipinski definition) is 3. The molecule has 80 valence electrons. The molecule has 1 N–H and O–H groups in total. The molecule has 1 aromatic carbocycles. The lowest BCUT2D eigenvalue weighted by Crippen LogP contribution is -1.93. The van der Waals surface area contributed by atoms with Crippen LogP contribution in [-0.2, 0) is 0 Å². The topological polar surface area (TPSA) is 50.2 Å². The first kappa shape index (κ1) is 10.4. The van der Waals surface area contributed by atoms with E-state index >= 15 is 0 Å². The van der Waals surface area contributed by atoms with Gasteiger partial charge in [-0.15, -0.1) is 0 Å². The molecule has 1 heterocycles. The van der Waals surface area contributed by atoms with Crippen molar-refractivity contribution in [2.75, 3.05) is 0 Å². The predicted molar refractivity (Wildman–Crippen MR) is 62.3 cm³/mol. The van der Waals surface area contributed by atoms with Gasteiger partial charge in [-0.25, -0.2) is 0 Å². The zero-order valence-electron chi connectivity index (χ0n) is 8.84. The Balaban J connectivity index is 2.62. The highest BCUT2D eigenvalue weighted by Gasteiger charge is 1.99. The second-order valence-electron chi connectivity index (χ2n) is 3.56. The van der Waals surface area contributed by atoms with E-state index in [9.17, 15) is 9.90 Å². The monoisotopic (exact) mass is 213 g/mol. The quantitative estimate of drug-likeness (QED) is 0.789. The molecule has 2 rings (SSSR count). The van der Waals surface area contributed by atoms with E-state index in [-0.39, 0.29) is 11.2 Å². The van der Waals surface area contributed by atoms with Crippen LogP contribution >= 0.6 is 0 Å². The van der Waals surface area contributed by atoms with E-state index in [0.29, 0.717) is 0 Å². The number of nitrogens with zero attached hydrogens (tertiary/aromatic N) is 1. The molecule has 0 unspecified atom stereocenters. The highest BCUT2D eigenvalue weighted by atomic mass is 16.3. The molecule has 0 saturated carbocycles. The summed E-state index contributed by atoms with van der Waals surface area (Å²) in [5.74, 6) is -0.239. The summed E-state index contributed by atoms with van der Waals surface area (Å²) in [6, 6.07) is 9.98. The summed E-state index contributed by atoms with van der Waals surface area (Å²) in [4.78, 5) is 15.5. The van der Waals surface area contributed by atoms with Crippen molar-refractivity contribution in [1.82, 2.24) is 4.98 Å². The summed E-state index contributed by atoms with van der Waals surface area (Å²) >= 11 is 0. The Bertz CT molecular complexity index is 579. The zero-order valence-corrected chi connectivity index (χ0v) is 8.84. The average Bonchev–Trinajstić information content (AvgIpc) is 2.42. The molecule has 3 nitrogen and oxygen atoms in total. The lowest BCUT2D eigenvalue weighted by atomic mass is 10.1. The minimum atomic E-state index is -0.380. The van der Waals surface area contributed by atoms with Gasteiger partial charge < -0.3 is 5.11 Å².